The van der Waals surface area contributed by atoms with Gasteiger partial charge in [0.25, 0.3) is 5.91 Å². The summed E-state index contributed by atoms with van der Waals surface area (Å²) in [6.45, 7) is 3.50. The lowest BCUT2D eigenvalue weighted by molar-refractivity contribution is 0.0954. The van der Waals surface area contributed by atoms with Gasteiger partial charge >= 0.3 is 0 Å². The molecule has 0 aliphatic carbocycles. The topological polar surface area (TPSA) is 69.3 Å². The van der Waals surface area contributed by atoms with Crippen molar-refractivity contribution >= 4 is 17.2 Å². The van der Waals surface area contributed by atoms with Gasteiger partial charge in [0.1, 0.15) is 5.69 Å². The lowest BCUT2D eigenvalue weighted by Gasteiger charge is -2.04. The molecular formula is C17H19N3O3S. The third kappa shape index (κ3) is 3.74. The SMILES string of the molecule is COCCn1nc(CNC(=O)c2cc(C)cs2)cc1-c1ccco1. The van der Waals surface area contributed by atoms with Crippen LogP contribution in [0.2, 0.25) is 0 Å². The van der Waals surface area contributed by atoms with Crippen LogP contribution in [0.25, 0.3) is 11.5 Å². The van der Waals surface area contributed by atoms with Gasteiger partial charge in [-0.2, -0.15) is 5.10 Å². The molecule has 3 rings (SSSR count). The Labute approximate surface area is 144 Å². The van der Waals surface area contributed by atoms with Gasteiger partial charge in [0.2, 0.25) is 0 Å². The predicted octanol–water partition coefficient (Wildman–Crippen LogP) is 3.09. The van der Waals surface area contributed by atoms with Crippen molar-refractivity contribution in [3.8, 4) is 11.5 Å². The van der Waals surface area contributed by atoms with Crippen LogP contribution >= 0.6 is 11.3 Å². The Balaban J connectivity index is 1.72. The molecule has 1 N–H and O–H groups in total. The van der Waals surface area contributed by atoms with Crippen LogP contribution in [0.15, 0.2) is 40.3 Å². The molecule has 0 aliphatic heterocycles. The molecule has 7 heteroatoms. The molecule has 0 saturated carbocycles. The molecule has 0 fully saturated rings. The van der Waals surface area contributed by atoms with Gasteiger partial charge in [-0.05, 0) is 42.1 Å². The first-order chi connectivity index (χ1) is 11.7. The molecule has 24 heavy (non-hydrogen) atoms. The third-order valence-corrected chi connectivity index (χ3v) is 4.54. The molecule has 0 saturated heterocycles. The number of ether oxygens (including phenoxy) is 1. The summed E-state index contributed by atoms with van der Waals surface area (Å²) in [6.07, 6.45) is 1.63. The predicted molar refractivity (Wildman–Crippen MR) is 92.0 cm³/mol. The second-order valence-corrected chi connectivity index (χ2v) is 6.30. The molecule has 0 spiro atoms. The summed E-state index contributed by atoms with van der Waals surface area (Å²) >= 11 is 1.44. The van der Waals surface area contributed by atoms with E-state index in [9.17, 15) is 4.79 Å². The van der Waals surface area contributed by atoms with E-state index in [1.54, 1.807) is 13.4 Å². The van der Waals surface area contributed by atoms with Crippen molar-refractivity contribution < 1.29 is 13.9 Å². The van der Waals surface area contributed by atoms with E-state index in [0.29, 0.717) is 24.6 Å². The Bertz CT molecular complexity index is 805. The summed E-state index contributed by atoms with van der Waals surface area (Å²) < 4.78 is 12.4. The summed E-state index contributed by atoms with van der Waals surface area (Å²) in [7, 11) is 1.65. The first-order valence-electron chi connectivity index (χ1n) is 7.60. The molecule has 0 radical (unpaired) electrons. The van der Waals surface area contributed by atoms with Crippen LogP contribution in [0.4, 0.5) is 0 Å². The van der Waals surface area contributed by atoms with Gasteiger partial charge < -0.3 is 14.5 Å². The van der Waals surface area contributed by atoms with E-state index >= 15 is 0 Å². The lowest BCUT2D eigenvalue weighted by Crippen LogP contribution is -2.22. The van der Waals surface area contributed by atoms with Crippen molar-refractivity contribution in [1.29, 1.82) is 0 Å². The number of amides is 1. The number of thiophene rings is 1. The molecule has 0 atom stereocenters. The van der Waals surface area contributed by atoms with Crippen LogP contribution in [-0.2, 0) is 17.8 Å². The maximum Gasteiger partial charge on any atom is 0.261 e. The molecule has 0 aliphatic rings. The molecular weight excluding hydrogens is 326 g/mol. The van der Waals surface area contributed by atoms with Crippen LogP contribution in [0.1, 0.15) is 20.9 Å². The molecule has 0 unspecified atom stereocenters. The first-order valence-corrected chi connectivity index (χ1v) is 8.48. The van der Waals surface area contributed by atoms with Crippen molar-refractivity contribution in [2.75, 3.05) is 13.7 Å². The summed E-state index contributed by atoms with van der Waals surface area (Å²) in [5, 5.41) is 9.41. The smallest absolute Gasteiger partial charge is 0.261 e. The van der Waals surface area contributed by atoms with Gasteiger partial charge in [-0.3, -0.25) is 9.48 Å². The molecule has 126 valence electrons. The minimum Gasteiger partial charge on any atom is -0.463 e. The van der Waals surface area contributed by atoms with E-state index in [4.69, 9.17) is 9.15 Å². The zero-order valence-electron chi connectivity index (χ0n) is 13.6. The van der Waals surface area contributed by atoms with Crippen LogP contribution in [0, 0.1) is 6.92 Å². The Morgan fingerprint density at radius 1 is 1.46 bits per heavy atom. The average molecular weight is 345 g/mol. The quantitative estimate of drug-likeness (QED) is 0.714. The minimum absolute atomic E-state index is 0.0842. The van der Waals surface area contributed by atoms with E-state index in [2.05, 4.69) is 10.4 Å². The number of carbonyl (C=O) groups is 1. The van der Waals surface area contributed by atoms with Crippen LogP contribution in [-0.4, -0.2) is 29.4 Å². The van der Waals surface area contributed by atoms with Gasteiger partial charge in [-0.1, -0.05) is 0 Å². The number of rotatable bonds is 7. The highest BCUT2D eigenvalue weighted by Gasteiger charge is 2.14. The van der Waals surface area contributed by atoms with Gasteiger partial charge in [0.05, 0.1) is 36.5 Å². The van der Waals surface area contributed by atoms with Gasteiger partial charge in [0, 0.05) is 7.11 Å². The Kier molecular flexibility index (Phi) is 5.12. The van der Waals surface area contributed by atoms with E-state index < -0.39 is 0 Å². The zero-order chi connectivity index (χ0) is 16.9. The number of nitrogens with one attached hydrogen (secondary N) is 1. The standard InChI is InChI=1S/C17H19N3O3S/c1-12-8-16(24-11-12)17(21)18-10-13-9-14(15-4-3-6-23-15)20(19-13)5-7-22-2/h3-4,6,8-9,11H,5,7,10H2,1-2H3,(H,18,21). The minimum atomic E-state index is -0.0842. The molecule has 0 bridgehead atoms. The number of carbonyl (C=O) groups excluding carboxylic acids is 1. The zero-order valence-corrected chi connectivity index (χ0v) is 14.4. The summed E-state index contributed by atoms with van der Waals surface area (Å²) in [5.41, 5.74) is 2.74. The van der Waals surface area contributed by atoms with Crippen LogP contribution < -0.4 is 5.32 Å². The number of hydrogen-bond donors (Lipinski definition) is 1. The maximum atomic E-state index is 12.1. The van der Waals surface area contributed by atoms with Crippen molar-refractivity contribution in [3.05, 3.63) is 52.0 Å². The Hall–Kier alpha value is -2.38. The van der Waals surface area contributed by atoms with E-state index in [1.807, 2.05) is 41.3 Å². The highest BCUT2D eigenvalue weighted by atomic mass is 32.1. The number of nitrogens with zero attached hydrogens (tertiary/aromatic N) is 2. The van der Waals surface area contributed by atoms with Gasteiger partial charge in [0.15, 0.2) is 5.76 Å². The lowest BCUT2D eigenvalue weighted by atomic mass is 10.3. The third-order valence-electron chi connectivity index (χ3n) is 3.50. The second-order valence-electron chi connectivity index (χ2n) is 5.39. The summed E-state index contributed by atoms with van der Waals surface area (Å²) in [6, 6.07) is 7.53. The number of hydrogen-bond acceptors (Lipinski definition) is 5. The second kappa shape index (κ2) is 7.46. The summed E-state index contributed by atoms with van der Waals surface area (Å²) in [5.74, 6) is 0.657. The molecule has 3 aromatic rings. The fourth-order valence-corrected chi connectivity index (χ4v) is 3.15. The molecule has 0 aromatic carbocycles. The number of furan rings is 1. The average Bonchev–Trinajstić information content (AvgIpc) is 3.30. The number of aromatic nitrogens is 2. The van der Waals surface area contributed by atoms with E-state index in [-0.39, 0.29) is 5.91 Å². The maximum absolute atomic E-state index is 12.1. The highest BCUT2D eigenvalue weighted by Crippen LogP contribution is 2.21. The fraction of sp³-hybridized carbons (Fsp3) is 0.294. The largest absolute Gasteiger partial charge is 0.463 e. The first kappa shape index (κ1) is 16.5. The van der Waals surface area contributed by atoms with E-state index in [1.165, 1.54) is 11.3 Å². The van der Waals surface area contributed by atoms with Gasteiger partial charge in [-0.15, -0.1) is 11.3 Å². The monoisotopic (exact) mass is 345 g/mol. The van der Waals surface area contributed by atoms with Crippen molar-refractivity contribution in [1.82, 2.24) is 15.1 Å². The molecule has 3 heterocycles. The molecule has 6 nitrogen and oxygen atoms in total. The fourth-order valence-electron chi connectivity index (χ4n) is 2.34. The van der Waals surface area contributed by atoms with E-state index in [0.717, 1.165) is 22.7 Å². The van der Waals surface area contributed by atoms with Crippen molar-refractivity contribution in [2.24, 2.45) is 0 Å². The highest BCUT2D eigenvalue weighted by molar-refractivity contribution is 7.12. The summed E-state index contributed by atoms with van der Waals surface area (Å²) in [4.78, 5) is 12.9. The van der Waals surface area contributed by atoms with Crippen LogP contribution in [0.5, 0.6) is 0 Å². The van der Waals surface area contributed by atoms with Crippen molar-refractivity contribution in [3.63, 3.8) is 0 Å². The number of methoxy groups -OCH3 is 1. The normalized spacial score (nSPS) is 10.9. The van der Waals surface area contributed by atoms with Crippen LogP contribution in [0.3, 0.4) is 0 Å². The van der Waals surface area contributed by atoms with Crippen molar-refractivity contribution in [2.45, 2.75) is 20.0 Å². The Morgan fingerprint density at radius 2 is 2.33 bits per heavy atom. The molecule has 3 aromatic heterocycles. The number of aryl methyl sites for hydroxylation is 1. The Morgan fingerprint density at radius 3 is 3.00 bits per heavy atom. The molecule has 1 amide bonds. The van der Waals surface area contributed by atoms with Gasteiger partial charge in [-0.25, -0.2) is 0 Å².